The summed E-state index contributed by atoms with van der Waals surface area (Å²) in [5, 5.41) is 0.880. The van der Waals surface area contributed by atoms with Crippen molar-refractivity contribution in [1.82, 2.24) is 0 Å². The third-order valence-corrected chi connectivity index (χ3v) is 4.20. The third-order valence-electron chi connectivity index (χ3n) is 2.89. The number of carbonyl (C=O) groups is 1. The van der Waals surface area contributed by atoms with Gasteiger partial charge in [0.25, 0.3) is 5.91 Å². The first-order chi connectivity index (χ1) is 8.04. The molecule has 2 rings (SSSR count). The molecule has 0 bridgehead atoms. The number of rotatable bonds is 5. The summed E-state index contributed by atoms with van der Waals surface area (Å²) in [6, 6.07) is 0. The Bertz CT molecular complexity index is 440. The summed E-state index contributed by atoms with van der Waals surface area (Å²) >= 11 is 1.30. The first-order valence-corrected chi connectivity index (χ1v) is 6.33. The van der Waals surface area contributed by atoms with Gasteiger partial charge in [0, 0.05) is 13.6 Å². The summed E-state index contributed by atoms with van der Waals surface area (Å²) in [5.41, 5.74) is 11.5. The Morgan fingerprint density at radius 2 is 2.24 bits per heavy atom. The first-order valence-electron chi connectivity index (χ1n) is 5.51. The van der Waals surface area contributed by atoms with E-state index in [4.69, 9.17) is 16.2 Å². The molecule has 1 aromatic rings. The van der Waals surface area contributed by atoms with Crippen molar-refractivity contribution in [3.05, 3.63) is 4.88 Å². The van der Waals surface area contributed by atoms with Gasteiger partial charge in [-0.15, -0.1) is 11.3 Å². The number of ether oxygens (including phenoxy) is 1. The summed E-state index contributed by atoms with van der Waals surface area (Å²) in [6.07, 6.45) is 2.55. The zero-order chi connectivity index (χ0) is 12.6. The number of nitrogens with two attached hydrogens (primary N) is 2. The van der Waals surface area contributed by atoms with Gasteiger partial charge in [0.2, 0.25) is 0 Å². The maximum atomic E-state index is 11.2. The van der Waals surface area contributed by atoms with Crippen LogP contribution in [0.15, 0.2) is 0 Å². The lowest BCUT2D eigenvalue weighted by Gasteiger charge is -2.18. The Morgan fingerprint density at radius 3 is 2.71 bits per heavy atom. The predicted molar refractivity (Wildman–Crippen MR) is 69.8 cm³/mol. The van der Waals surface area contributed by atoms with Crippen molar-refractivity contribution in [1.29, 1.82) is 0 Å². The maximum Gasteiger partial charge on any atom is 0.261 e. The van der Waals surface area contributed by atoms with Crippen LogP contribution in [0.25, 0.3) is 0 Å². The molecule has 1 aliphatic rings. The van der Waals surface area contributed by atoms with Crippen LogP contribution in [-0.2, 0) is 0 Å². The number of thiophene rings is 1. The molecule has 0 radical (unpaired) electrons. The lowest BCUT2D eigenvalue weighted by atomic mass is 10.3. The number of amides is 1. The van der Waals surface area contributed by atoms with Crippen LogP contribution in [0.2, 0.25) is 0 Å². The van der Waals surface area contributed by atoms with Crippen molar-refractivity contribution in [3.8, 4) is 5.75 Å². The van der Waals surface area contributed by atoms with Crippen molar-refractivity contribution < 1.29 is 9.53 Å². The summed E-state index contributed by atoms with van der Waals surface area (Å²) < 4.78 is 5.27. The van der Waals surface area contributed by atoms with Gasteiger partial charge >= 0.3 is 0 Å². The van der Waals surface area contributed by atoms with E-state index in [1.54, 1.807) is 7.11 Å². The molecule has 1 heterocycles. The highest BCUT2D eigenvalue weighted by molar-refractivity contribution is 7.19. The maximum absolute atomic E-state index is 11.2. The van der Waals surface area contributed by atoms with E-state index in [0.29, 0.717) is 16.3 Å². The zero-order valence-electron chi connectivity index (χ0n) is 10.0. The summed E-state index contributed by atoms with van der Waals surface area (Å²) in [7, 11) is 3.54. The Kier molecular flexibility index (Phi) is 3.15. The predicted octanol–water partition coefficient (Wildman–Crippen LogP) is 1.28. The molecule has 5 nitrogen and oxygen atoms in total. The minimum Gasteiger partial charge on any atom is -0.492 e. The first kappa shape index (κ1) is 12.0. The van der Waals surface area contributed by atoms with E-state index in [1.807, 2.05) is 7.05 Å². The average molecular weight is 255 g/mol. The molecule has 0 aromatic carbocycles. The van der Waals surface area contributed by atoms with Crippen LogP contribution in [-0.4, -0.2) is 26.6 Å². The van der Waals surface area contributed by atoms with Crippen molar-refractivity contribution in [3.63, 3.8) is 0 Å². The Morgan fingerprint density at radius 1 is 1.59 bits per heavy atom. The molecule has 0 aliphatic heterocycles. The second kappa shape index (κ2) is 4.44. The van der Waals surface area contributed by atoms with Gasteiger partial charge in [-0.3, -0.25) is 4.79 Å². The van der Waals surface area contributed by atoms with Gasteiger partial charge in [-0.2, -0.15) is 0 Å². The lowest BCUT2D eigenvalue weighted by molar-refractivity contribution is 0.100. The van der Waals surface area contributed by atoms with Gasteiger partial charge in [0.05, 0.1) is 7.11 Å². The smallest absolute Gasteiger partial charge is 0.261 e. The van der Waals surface area contributed by atoms with Crippen molar-refractivity contribution in [2.24, 2.45) is 11.7 Å². The monoisotopic (exact) mass is 255 g/mol. The molecule has 4 N–H and O–H groups in total. The number of nitrogens with zero attached hydrogens (tertiary/aromatic N) is 1. The van der Waals surface area contributed by atoms with E-state index >= 15 is 0 Å². The Hall–Kier alpha value is -1.43. The van der Waals surface area contributed by atoms with Crippen LogP contribution in [0.3, 0.4) is 0 Å². The van der Waals surface area contributed by atoms with Gasteiger partial charge in [-0.05, 0) is 18.8 Å². The van der Waals surface area contributed by atoms with Crippen molar-refractivity contribution in [2.75, 3.05) is 31.3 Å². The number of methoxy groups -OCH3 is 1. The fraction of sp³-hybridized carbons (Fsp3) is 0.545. The molecule has 94 valence electrons. The highest BCUT2D eigenvalue weighted by atomic mass is 32.1. The largest absolute Gasteiger partial charge is 0.492 e. The number of nitrogen functional groups attached to an aromatic ring is 1. The minimum absolute atomic E-state index is 0.350. The van der Waals surface area contributed by atoms with Gasteiger partial charge in [0.15, 0.2) is 5.75 Å². The molecule has 1 aromatic heterocycles. The van der Waals surface area contributed by atoms with E-state index in [0.717, 1.165) is 17.5 Å². The highest BCUT2D eigenvalue weighted by Gasteiger charge is 2.27. The molecule has 17 heavy (non-hydrogen) atoms. The van der Waals surface area contributed by atoms with Crippen LogP contribution in [0.4, 0.5) is 10.7 Å². The molecule has 1 aliphatic carbocycles. The molecule has 6 heteroatoms. The Labute approximate surface area is 104 Å². The fourth-order valence-electron chi connectivity index (χ4n) is 1.82. The van der Waals surface area contributed by atoms with E-state index in [-0.39, 0.29) is 0 Å². The van der Waals surface area contributed by atoms with Crippen LogP contribution >= 0.6 is 11.3 Å². The van der Waals surface area contributed by atoms with Crippen LogP contribution in [0, 0.1) is 5.92 Å². The average Bonchev–Trinajstić information content (AvgIpc) is 3.00. The second-order valence-electron chi connectivity index (χ2n) is 4.37. The van der Waals surface area contributed by atoms with Crippen LogP contribution < -0.4 is 21.1 Å². The number of hydrogen-bond acceptors (Lipinski definition) is 5. The van der Waals surface area contributed by atoms with Crippen molar-refractivity contribution >= 4 is 27.9 Å². The van der Waals surface area contributed by atoms with Gasteiger partial charge < -0.3 is 21.1 Å². The molecule has 1 fully saturated rings. The number of hydrogen-bond donors (Lipinski definition) is 2. The zero-order valence-corrected chi connectivity index (χ0v) is 10.8. The molecule has 1 saturated carbocycles. The Balaban J connectivity index is 2.30. The summed E-state index contributed by atoms with van der Waals surface area (Å²) in [4.78, 5) is 13.7. The van der Waals surface area contributed by atoms with E-state index in [1.165, 1.54) is 24.2 Å². The fourth-order valence-corrected chi connectivity index (χ4v) is 2.83. The van der Waals surface area contributed by atoms with E-state index < -0.39 is 5.91 Å². The number of carbonyl (C=O) groups excluding carboxylic acids is 1. The topological polar surface area (TPSA) is 81.6 Å². The molecule has 0 spiro atoms. The second-order valence-corrected chi connectivity index (χ2v) is 5.37. The summed E-state index contributed by atoms with van der Waals surface area (Å²) in [6.45, 7) is 0.967. The minimum atomic E-state index is -0.503. The quantitative estimate of drug-likeness (QED) is 0.830. The van der Waals surface area contributed by atoms with Gasteiger partial charge in [0.1, 0.15) is 15.6 Å². The lowest BCUT2D eigenvalue weighted by Crippen LogP contribution is -2.19. The van der Waals surface area contributed by atoms with E-state index in [9.17, 15) is 4.79 Å². The molecule has 0 atom stereocenters. The number of anilines is 2. The highest BCUT2D eigenvalue weighted by Crippen LogP contribution is 2.45. The molecule has 0 unspecified atom stereocenters. The van der Waals surface area contributed by atoms with Crippen molar-refractivity contribution in [2.45, 2.75) is 12.8 Å². The molecule has 0 saturated heterocycles. The summed E-state index contributed by atoms with van der Waals surface area (Å²) in [5.74, 6) is 0.814. The van der Waals surface area contributed by atoms with Crippen LogP contribution in [0.1, 0.15) is 22.5 Å². The standard InChI is InChI=1S/C11H17N3O2S/c1-14(5-6-3-4-6)11-8(16-2)7(12)9(17-11)10(13)15/h6H,3-5,12H2,1-2H3,(H2,13,15). The van der Waals surface area contributed by atoms with Crippen LogP contribution in [0.5, 0.6) is 5.75 Å². The number of primary amides is 1. The molecule has 1 amide bonds. The van der Waals surface area contributed by atoms with E-state index in [2.05, 4.69) is 4.90 Å². The molecular formula is C11H17N3O2S. The third kappa shape index (κ3) is 2.31. The SMILES string of the molecule is COc1c(N(C)CC2CC2)sc(C(N)=O)c1N. The molecular weight excluding hydrogens is 238 g/mol. The van der Waals surface area contributed by atoms with Gasteiger partial charge in [-0.1, -0.05) is 0 Å². The normalized spacial score (nSPS) is 14.7. The van der Waals surface area contributed by atoms with Gasteiger partial charge in [-0.25, -0.2) is 0 Å².